The van der Waals surface area contributed by atoms with E-state index in [0.717, 1.165) is 30.2 Å². The number of benzene rings is 1. The molecule has 1 aromatic heterocycles. The molecule has 0 atom stereocenters. The van der Waals surface area contributed by atoms with Crippen molar-refractivity contribution < 1.29 is 33.0 Å². The Labute approximate surface area is 106 Å². The lowest BCUT2D eigenvalue weighted by Crippen LogP contribution is -3.00. The SMILES string of the molecule is [I-].c1ccc(-c2c[n+]3c(o2)CCC3)cc1. The van der Waals surface area contributed by atoms with E-state index < -0.39 is 0 Å². The molecule has 3 heteroatoms. The Hall–Kier alpha value is -0.840. The number of aryl methyl sites for hydroxylation is 2. The summed E-state index contributed by atoms with van der Waals surface area (Å²) in [5, 5.41) is 0. The molecule has 0 bridgehead atoms. The Morgan fingerprint density at radius 2 is 1.93 bits per heavy atom. The van der Waals surface area contributed by atoms with E-state index in [4.69, 9.17) is 4.42 Å². The maximum atomic E-state index is 5.78. The summed E-state index contributed by atoms with van der Waals surface area (Å²) in [7, 11) is 0. The quantitative estimate of drug-likeness (QED) is 0.497. The van der Waals surface area contributed by atoms with Crippen LogP contribution in [0.5, 0.6) is 0 Å². The second kappa shape index (κ2) is 4.35. The average molecular weight is 313 g/mol. The molecule has 1 aromatic carbocycles. The lowest BCUT2D eigenvalue weighted by Gasteiger charge is -1.90. The van der Waals surface area contributed by atoms with E-state index in [9.17, 15) is 0 Å². The molecule has 2 aromatic rings. The molecule has 0 aliphatic carbocycles. The van der Waals surface area contributed by atoms with Gasteiger partial charge in [-0.3, -0.25) is 0 Å². The molecule has 15 heavy (non-hydrogen) atoms. The third kappa shape index (κ3) is 1.93. The summed E-state index contributed by atoms with van der Waals surface area (Å²) < 4.78 is 7.99. The summed E-state index contributed by atoms with van der Waals surface area (Å²) in [5.41, 5.74) is 1.16. The molecule has 0 unspecified atom stereocenters. The first-order valence-electron chi connectivity index (χ1n) is 5.01. The van der Waals surface area contributed by atoms with Gasteiger partial charge in [-0.25, -0.2) is 0 Å². The van der Waals surface area contributed by atoms with Gasteiger partial charge in [0.2, 0.25) is 12.0 Å². The fourth-order valence-corrected chi connectivity index (χ4v) is 1.95. The maximum absolute atomic E-state index is 5.78. The van der Waals surface area contributed by atoms with Gasteiger partial charge in [-0.05, 0) is 0 Å². The van der Waals surface area contributed by atoms with E-state index in [0.29, 0.717) is 0 Å². The zero-order chi connectivity index (χ0) is 9.38. The maximum Gasteiger partial charge on any atom is 0.347 e. The lowest BCUT2D eigenvalue weighted by molar-refractivity contribution is -0.693. The topological polar surface area (TPSA) is 17.0 Å². The largest absolute Gasteiger partial charge is 1.00 e. The van der Waals surface area contributed by atoms with Crippen molar-refractivity contribution in [1.82, 2.24) is 0 Å². The predicted octanol–water partition coefficient (Wildman–Crippen LogP) is -0.816. The third-order valence-electron chi connectivity index (χ3n) is 2.67. The zero-order valence-corrected chi connectivity index (χ0v) is 10.5. The highest BCUT2D eigenvalue weighted by Crippen LogP contribution is 2.21. The van der Waals surface area contributed by atoms with Crippen LogP contribution >= 0.6 is 0 Å². The van der Waals surface area contributed by atoms with Gasteiger partial charge in [-0.2, -0.15) is 4.57 Å². The summed E-state index contributed by atoms with van der Waals surface area (Å²) in [6.07, 6.45) is 4.40. The minimum atomic E-state index is 0. The van der Waals surface area contributed by atoms with Gasteiger partial charge in [0.05, 0.1) is 6.42 Å². The molecule has 0 saturated carbocycles. The fraction of sp³-hybridized carbons (Fsp3) is 0.250. The summed E-state index contributed by atoms with van der Waals surface area (Å²) in [5.74, 6) is 2.10. The first-order valence-corrected chi connectivity index (χ1v) is 5.01. The molecule has 1 aliphatic heterocycles. The summed E-state index contributed by atoms with van der Waals surface area (Å²) >= 11 is 0. The van der Waals surface area contributed by atoms with Gasteiger partial charge < -0.3 is 28.4 Å². The van der Waals surface area contributed by atoms with Crippen molar-refractivity contribution in [2.75, 3.05) is 0 Å². The summed E-state index contributed by atoms with van der Waals surface area (Å²) in [6.45, 7) is 1.10. The molecule has 0 spiro atoms. The van der Waals surface area contributed by atoms with Crippen molar-refractivity contribution in [3.8, 4) is 11.3 Å². The molecule has 3 rings (SSSR count). The number of nitrogens with zero attached hydrogens (tertiary/aromatic N) is 1. The van der Waals surface area contributed by atoms with Gasteiger partial charge in [-0.15, -0.1) is 0 Å². The Balaban J connectivity index is 0.000000853. The number of oxazole rings is 1. The molecule has 0 amide bonds. The van der Waals surface area contributed by atoms with Gasteiger partial charge in [0.25, 0.3) is 0 Å². The molecule has 0 fully saturated rings. The first-order chi connectivity index (χ1) is 6.93. The summed E-state index contributed by atoms with van der Waals surface area (Å²) in [4.78, 5) is 0. The third-order valence-corrected chi connectivity index (χ3v) is 2.67. The van der Waals surface area contributed by atoms with E-state index in [1.165, 1.54) is 6.42 Å². The lowest BCUT2D eigenvalue weighted by atomic mass is 10.2. The number of hydrogen-bond acceptors (Lipinski definition) is 1. The van der Waals surface area contributed by atoms with Crippen LogP contribution in [0.1, 0.15) is 12.3 Å². The predicted molar refractivity (Wildman–Crippen MR) is 52.7 cm³/mol. The van der Waals surface area contributed by atoms with Gasteiger partial charge in [-0.1, -0.05) is 30.3 Å². The van der Waals surface area contributed by atoms with Gasteiger partial charge in [0.15, 0.2) is 6.54 Å². The van der Waals surface area contributed by atoms with Crippen LogP contribution in [0.3, 0.4) is 0 Å². The molecule has 2 heterocycles. The van der Waals surface area contributed by atoms with Crippen molar-refractivity contribution in [1.29, 1.82) is 0 Å². The normalized spacial score (nSPS) is 13.3. The van der Waals surface area contributed by atoms with Crippen molar-refractivity contribution >= 4 is 0 Å². The molecule has 78 valence electrons. The van der Waals surface area contributed by atoms with Gasteiger partial charge in [0.1, 0.15) is 0 Å². The highest BCUT2D eigenvalue weighted by atomic mass is 127. The molecule has 1 aliphatic rings. The number of halogens is 1. The molecule has 2 nitrogen and oxygen atoms in total. The van der Waals surface area contributed by atoms with E-state index in [1.54, 1.807) is 0 Å². The number of aromatic nitrogens is 1. The van der Waals surface area contributed by atoms with Crippen molar-refractivity contribution in [3.63, 3.8) is 0 Å². The second-order valence-corrected chi connectivity index (χ2v) is 3.65. The second-order valence-electron chi connectivity index (χ2n) is 3.65. The van der Waals surface area contributed by atoms with Crippen LogP contribution in [0.4, 0.5) is 0 Å². The molecule has 0 radical (unpaired) electrons. The Bertz CT molecular complexity index is 428. The van der Waals surface area contributed by atoms with Crippen molar-refractivity contribution in [2.45, 2.75) is 19.4 Å². The molecular formula is C12H12INO. The molecular weight excluding hydrogens is 301 g/mol. The van der Waals surface area contributed by atoms with Crippen LogP contribution in [0.15, 0.2) is 40.9 Å². The summed E-state index contributed by atoms with van der Waals surface area (Å²) in [6, 6.07) is 10.2. The minimum absolute atomic E-state index is 0. The van der Waals surface area contributed by atoms with Crippen LogP contribution in [0, 0.1) is 0 Å². The van der Waals surface area contributed by atoms with Crippen LogP contribution in [-0.2, 0) is 13.0 Å². The average Bonchev–Trinajstić information content (AvgIpc) is 2.78. The number of fused-ring (bicyclic) bond motifs is 1. The highest BCUT2D eigenvalue weighted by molar-refractivity contribution is 5.54. The Kier molecular flexibility index (Phi) is 3.09. The van der Waals surface area contributed by atoms with Crippen molar-refractivity contribution in [3.05, 3.63) is 42.4 Å². The number of hydrogen-bond donors (Lipinski definition) is 0. The van der Waals surface area contributed by atoms with Crippen LogP contribution in [0.2, 0.25) is 0 Å². The van der Waals surface area contributed by atoms with Crippen LogP contribution < -0.4 is 28.5 Å². The molecule has 0 N–H and O–H groups in total. The van der Waals surface area contributed by atoms with Gasteiger partial charge in [0, 0.05) is 12.0 Å². The smallest absolute Gasteiger partial charge is 0.347 e. The zero-order valence-electron chi connectivity index (χ0n) is 8.32. The number of rotatable bonds is 1. The van der Waals surface area contributed by atoms with Crippen LogP contribution in [-0.4, -0.2) is 0 Å². The fourth-order valence-electron chi connectivity index (χ4n) is 1.95. The van der Waals surface area contributed by atoms with Gasteiger partial charge >= 0.3 is 5.89 Å². The Morgan fingerprint density at radius 3 is 2.67 bits per heavy atom. The van der Waals surface area contributed by atoms with E-state index in [2.05, 4.69) is 22.9 Å². The highest BCUT2D eigenvalue weighted by Gasteiger charge is 2.25. The standard InChI is InChI=1S/C12H12NO.HI/c1-2-5-10(6-3-1)11-9-13-8-4-7-12(13)14-11;/h1-3,5-6,9H,4,7-8H2;1H/q+1;/p-1. The van der Waals surface area contributed by atoms with E-state index >= 15 is 0 Å². The minimum Gasteiger partial charge on any atom is -1.00 e. The monoisotopic (exact) mass is 313 g/mol. The van der Waals surface area contributed by atoms with E-state index in [1.807, 2.05) is 18.2 Å². The Morgan fingerprint density at radius 1 is 1.13 bits per heavy atom. The van der Waals surface area contributed by atoms with E-state index in [-0.39, 0.29) is 24.0 Å². The molecule has 0 saturated heterocycles. The first kappa shape index (κ1) is 10.7. The van der Waals surface area contributed by atoms with Crippen LogP contribution in [0.25, 0.3) is 11.3 Å². The van der Waals surface area contributed by atoms with Crippen molar-refractivity contribution in [2.24, 2.45) is 0 Å².